The van der Waals surface area contributed by atoms with E-state index in [9.17, 15) is 19.2 Å². The minimum atomic E-state index is -0.860. The smallest absolute Gasteiger partial charge is 0.305 e. The number of methoxy groups -OCH3 is 1. The van der Waals surface area contributed by atoms with E-state index in [0.717, 1.165) is 18.4 Å². The topological polar surface area (TPSA) is 149 Å². The molecule has 0 aliphatic carbocycles. The summed E-state index contributed by atoms with van der Waals surface area (Å²) >= 11 is 0. The number of benzene rings is 1. The maximum atomic E-state index is 13.1. The first-order chi connectivity index (χ1) is 17.3. The van der Waals surface area contributed by atoms with Crippen LogP contribution in [0.15, 0.2) is 36.9 Å². The number of hydrogen-bond donors (Lipinski definition) is 4. The number of unbranched alkanes of at least 4 members (excludes halogenated alkanes) is 2. The van der Waals surface area contributed by atoms with Gasteiger partial charge in [-0.1, -0.05) is 37.6 Å². The molecule has 10 heteroatoms. The average Bonchev–Trinajstić information content (AvgIpc) is 2.86. The van der Waals surface area contributed by atoms with E-state index in [0.29, 0.717) is 38.2 Å². The van der Waals surface area contributed by atoms with E-state index in [-0.39, 0.29) is 37.2 Å². The first-order valence-electron chi connectivity index (χ1n) is 12.2. The third kappa shape index (κ3) is 12.9. The Morgan fingerprint density at radius 1 is 1.00 bits per heavy atom. The fourth-order valence-electron chi connectivity index (χ4n) is 3.45. The van der Waals surface area contributed by atoms with Gasteiger partial charge in [0.25, 0.3) is 0 Å². The quantitative estimate of drug-likeness (QED) is 0.134. The Labute approximate surface area is 213 Å². The Morgan fingerprint density at radius 3 is 2.33 bits per heavy atom. The number of amides is 3. The monoisotopic (exact) mass is 504 g/mol. The van der Waals surface area contributed by atoms with Gasteiger partial charge in [0.1, 0.15) is 24.4 Å². The minimum Gasteiger partial charge on any atom is -0.490 e. The molecule has 0 unspecified atom stereocenters. The lowest BCUT2D eigenvalue weighted by atomic mass is 10.0. The highest BCUT2D eigenvalue weighted by Crippen LogP contribution is 2.14. The molecular formula is C26H40N4O6. The zero-order valence-electron chi connectivity index (χ0n) is 21.3. The van der Waals surface area contributed by atoms with E-state index in [1.807, 2.05) is 12.1 Å². The fourth-order valence-corrected chi connectivity index (χ4v) is 3.45. The van der Waals surface area contributed by atoms with Crippen LogP contribution in [0.2, 0.25) is 0 Å². The van der Waals surface area contributed by atoms with Crippen LogP contribution in [0.1, 0.15) is 51.0 Å². The van der Waals surface area contributed by atoms with E-state index >= 15 is 0 Å². The first-order valence-corrected chi connectivity index (χ1v) is 12.2. The van der Waals surface area contributed by atoms with Crippen LogP contribution in [0.4, 0.5) is 0 Å². The molecule has 5 N–H and O–H groups in total. The van der Waals surface area contributed by atoms with Crippen molar-refractivity contribution in [1.82, 2.24) is 16.0 Å². The van der Waals surface area contributed by atoms with Crippen molar-refractivity contribution < 1.29 is 28.7 Å². The van der Waals surface area contributed by atoms with Crippen molar-refractivity contribution >= 4 is 23.7 Å². The molecule has 0 aliphatic heterocycles. The molecule has 36 heavy (non-hydrogen) atoms. The third-order valence-electron chi connectivity index (χ3n) is 5.34. The summed E-state index contributed by atoms with van der Waals surface area (Å²) in [5, 5.41) is 8.24. The van der Waals surface area contributed by atoms with Crippen molar-refractivity contribution in [3.63, 3.8) is 0 Å². The lowest BCUT2D eigenvalue weighted by Crippen LogP contribution is -2.54. The zero-order chi connectivity index (χ0) is 26.8. The molecule has 0 bridgehead atoms. The van der Waals surface area contributed by atoms with Crippen molar-refractivity contribution in [2.24, 2.45) is 5.73 Å². The van der Waals surface area contributed by atoms with Crippen molar-refractivity contribution in [3.05, 3.63) is 42.5 Å². The Hall–Kier alpha value is -3.40. The largest absolute Gasteiger partial charge is 0.490 e. The SMILES string of the molecule is C=CCOc1ccc(C[C@H](NC(C)=O)C(=O)N[C@@H](CCCCCN)C(=O)NCCCC(=O)OC)cc1. The molecule has 0 saturated heterocycles. The van der Waals surface area contributed by atoms with Gasteiger partial charge in [-0.25, -0.2) is 0 Å². The number of ether oxygens (including phenoxy) is 2. The fraction of sp³-hybridized carbons (Fsp3) is 0.538. The van der Waals surface area contributed by atoms with Crippen LogP contribution >= 0.6 is 0 Å². The van der Waals surface area contributed by atoms with E-state index in [1.165, 1.54) is 14.0 Å². The second kappa shape index (κ2) is 18.0. The van der Waals surface area contributed by atoms with Gasteiger partial charge in [0.15, 0.2) is 0 Å². The van der Waals surface area contributed by atoms with E-state index in [1.54, 1.807) is 18.2 Å². The molecule has 0 saturated carbocycles. The summed E-state index contributed by atoms with van der Waals surface area (Å²) in [5.74, 6) is -0.834. The van der Waals surface area contributed by atoms with Crippen molar-refractivity contribution in [2.45, 2.75) is 64.0 Å². The van der Waals surface area contributed by atoms with E-state index in [2.05, 4.69) is 27.3 Å². The molecule has 0 aliphatic rings. The van der Waals surface area contributed by atoms with E-state index in [4.69, 9.17) is 10.5 Å². The van der Waals surface area contributed by atoms with Gasteiger partial charge in [-0.2, -0.15) is 0 Å². The molecule has 3 amide bonds. The minimum absolute atomic E-state index is 0.187. The molecule has 10 nitrogen and oxygen atoms in total. The predicted octanol–water partition coefficient (Wildman–Crippen LogP) is 1.37. The van der Waals surface area contributed by atoms with Crippen LogP contribution in [0.3, 0.4) is 0 Å². The van der Waals surface area contributed by atoms with Gasteiger partial charge in [-0.05, 0) is 43.5 Å². The summed E-state index contributed by atoms with van der Waals surface area (Å²) in [7, 11) is 1.31. The molecule has 0 spiro atoms. The maximum absolute atomic E-state index is 13.1. The lowest BCUT2D eigenvalue weighted by molar-refractivity contribution is -0.140. The van der Waals surface area contributed by atoms with Crippen LogP contribution in [0, 0.1) is 0 Å². The highest BCUT2D eigenvalue weighted by atomic mass is 16.5. The van der Waals surface area contributed by atoms with Crippen molar-refractivity contribution in [1.29, 1.82) is 0 Å². The molecular weight excluding hydrogens is 464 g/mol. The van der Waals surface area contributed by atoms with Gasteiger partial charge in [0, 0.05) is 26.3 Å². The lowest BCUT2D eigenvalue weighted by Gasteiger charge is -2.23. The van der Waals surface area contributed by atoms with Gasteiger partial charge >= 0.3 is 5.97 Å². The van der Waals surface area contributed by atoms with E-state index < -0.39 is 18.0 Å². The number of nitrogens with one attached hydrogen (secondary N) is 3. The Morgan fingerprint density at radius 2 is 1.72 bits per heavy atom. The number of rotatable bonds is 18. The normalized spacial score (nSPS) is 12.1. The summed E-state index contributed by atoms with van der Waals surface area (Å²) in [6.07, 6.45) is 5.28. The first kappa shape index (κ1) is 30.6. The standard InChI is InChI=1S/C26H40N4O6/c1-4-17-36-21-13-11-20(12-14-21)18-23(29-19(2)31)26(34)30-22(9-6-5-7-15-27)25(33)28-16-8-10-24(32)35-3/h4,11-14,22-23H,1,5-10,15-18,27H2,2-3H3,(H,28,33)(H,29,31)(H,30,34)/t22-,23-/m0/s1. The summed E-state index contributed by atoms with van der Waals surface area (Å²) in [4.78, 5) is 49.0. The number of carbonyl (C=O) groups is 4. The predicted molar refractivity (Wildman–Crippen MR) is 137 cm³/mol. The second-order valence-electron chi connectivity index (χ2n) is 8.37. The Balaban J connectivity index is 2.84. The Kier molecular flexibility index (Phi) is 15.3. The number of hydrogen-bond acceptors (Lipinski definition) is 7. The maximum Gasteiger partial charge on any atom is 0.305 e. The molecule has 0 radical (unpaired) electrons. The number of esters is 1. The Bertz CT molecular complexity index is 843. The summed E-state index contributed by atoms with van der Waals surface area (Å²) in [6, 6.07) is 5.56. The number of nitrogens with two attached hydrogens (primary N) is 1. The summed E-state index contributed by atoms with van der Waals surface area (Å²) in [5.41, 5.74) is 6.38. The highest BCUT2D eigenvalue weighted by molar-refractivity contribution is 5.92. The molecule has 1 rings (SSSR count). The molecule has 1 aromatic carbocycles. The van der Waals surface area contributed by atoms with Crippen molar-refractivity contribution in [2.75, 3.05) is 26.8 Å². The molecule has 200 valence electrons. The average molecular weight is 505 g/mol. The molecule has 0 heterocycles. The van der Waals surface area contributed by atoms with Gasteiger partial charge < -0.3 is 31.2 Å². The van der Waals surface area contributed by atoms with Gasteiger partial charge in [-0.3, -0.25) is 19.2 Å². The van der Waals surface area contributed by atoms with Crippen LogP contribution in [0.25, 0.3) is 0 Å². The van der Waals surface area contributed by atoms with Gasteiger partial charge in [0.2, 0.25) is 17.7 Å². The van der Waals surface area contributed by atoms with Crippen LogP contribution in [-0.4, -0.2) is 62.6 Å². The van der Waals surface area contributed by atoms with Crippen LogP contribution < -0.4 is 26.4 Å². The summed E-state index contributed by atoms with van der Waals surface area (Å²) < 4.78 is 10.1. The van der Waals surface area contributed by atoms with Crippen LogP contribution in [-0.2, 0) is 30.3 Å². The number of carbonyl (C=O) groups excluding carboxylic acids is 4. The third-order valence-corrected chi connectivity index (χ3v) is 5.34. The zero-order valence-corrected chi connectivity index (χ0v) is 21.3. The second-order valence-corrected chi connectivity index (χ2v) is 8.37. The molecule has 0 fully saturated rings. The van der Waals surface area contributed by atoms with Gasteiger partial charge in [-0.15, -0.1) is 0 Å². The summed E-state index contributed by atoms with van der Waals surface area (Å²) in [6.45, 7) is 6.16. The molecule has 0 aromatic heterocycles. The van der Waals surface area contributed by atoms with Crippen LogP contribution in [0.5, 0.6) is 5.75 Å². The molecule has 1 aromatic rings. The molecule has 2 atom stereocenters. The highest BCUT2D eigenvalue weighted by Gasteiger charge is 2.26. The van der Waals surface area contributed by atoms with Gasteiger partial charge in [0.05, 0.1) is 7.11 Å². The van der Waals surface area contributed by atoms with Crippen molar-refractivity contribution in [3.8, 4) is 5.75 Å².